The van der Waals surface area contributed by atoms with Crippen molar-refractivity contribution in [2.75, 3.05) is 0 Å². The third-order valence-corrected chi connectivity index (χ3v) is 2.61. The lowest BCUT2D eigenvalue weighted by Crippen LogP contribution is -1.77. The van der Waals surface area contributed by atoms with Crippen molar-refractivity contribution in [2.24, 2.45) is 0 Å². The molecular weight excluding hydrogens is 260 g/mol. The normalized spacial score (nSPS) is 10.5. The molecule has 0 N–H and O–H groups in total. The first-order chi connectivity index (χ1) is 10.1. The monoisotopic (exact) mass is 284 g/mol. The van der Waals surface area contributed by atoms with E-state index < -0.39 is 0 Å². The third kappa shape index (κ3) is 12.6. The minimum absolute atomic E-state index is 0.771. The van der Waals surface area contributed by atoms with Crippen molar-refractivity contribution in [1.82, 2.24) is 0 Å². The highest BCUT2D eigenvalue weighted by Gasteiger charge is 1.86. The third-order valence-electron chi connectivity index (χ3n) is 2.61. The van der Waals surface area contributed by atoms with Crippen LogP contribution in [0.3, 0.4) is 0 Å². The Morgan fingerprint density at radius 2 is 1.67 bits per heavy atom. The standard InChI is InChI=1S/C10H16O.C9H8O/c1-9(2)5-4-6-10(3)7-8-11;10-8-4-7-9-5-2-1-3-6-9/h5,7-8H,4,6H2,1-3H3;1-8H/b10-7+;7-4+. The molecule has 1 rings (SSSR count). The van der Waals surface area contributed by atoms with Crippen molar-refractivity contribution < 1.29 is 9.59 Å². The summed E-state index contributed by atoms with van der Waals surface area (Å²) in [6, 6.07) is 9.70. The second-order valence-corrected chi connectivity index (χ2v) is 4.88. The maximum atomic E-state index is 10.0. The molecule has 0 saturated heterocycles. The van der Waals surface area contributed by atoms with Gasteiger partial charge in [-0.1, -0.05) is 53.6 Å². The molecule has 0 atom stereocenters. The molecular formula is C19H24O2. The van der Waals surface area contributed by atoms with Crippen molar-refractivity contribution in [1.29, 1.82) is 0 Å². The number of carbonyl (C=O) groups is 2. The quantitative estimate of drug-likeness (QED) is 0.428. The van der Waals surface area contributed by atoms with Crippen LogP contribution in [0, 0.1) is 0 Å². The smallest absolute Gasteiger partial charge is 0.142 e. The van der Waals surface area contributed by atoms with Crippen molar-refractivity contribution >= 4 is 18.6 Å². The van der Waals surface area contributed by atoms with Gasteiger partial charge in [0.25, 0.3) is 0 Å². The molecule has 1 aromatic carbocycles. The number of hydrogen-bond acceptors (Lipinski definition) is 2. The van der Waals surface area contributed by atoms with E-state index in [4.69, 9.17) is 0 Å². The highest BCUT2D eigenvalue weighted by molar-refractivity contribution is 5.73. The van der Waals surface area contributed by atoms with Gasteiger partial charge in [-0.3, -0.25) is 9.59 Å². The summed E-state index contributed by atoms with van der Waals surface area (Å²) in [6.07, 6.45) is 10.7. The van der Waals surface area contributed by atoms with Crippen LogP contribution < -0.4 is 0 Å². The zero-order valence-electron chi connectivity index (χ0n) is 13.1. The van der Waals surface area contributed by atoms with Gasteiger partial charge in [0, 0.05) is 0 Å². The molecule has 0 radical (unpaired) electrons. The first-order valence-electron chi connectivity index (χ1n) is 7.01. The van der Waals surface area contributed by atoms with E-state index in [0.29, 0.717) is 0 Å². The molecule has 1 aromatic rings. The molecule has 0 saturated carbocycles. The molecule has 21 heavy (non-hydrogen) atoms. The SMILES string of the molecule is CC(C)=CCC/C(C)=C/C=O.O=C/C=C/c1ccccc1. The summed E-state index contributed by atoms with van der Waals surface area (Å²) >= 11 is 0. The summed E-state index contributed by atoms with van der Waals surface area (Å²) in [5.74, 6) is 0. The van der Waals surface area contributed by atoms with Crippen LogP contribution in [0.4, 0.5) is 0 Å². The zero-order valence-corrected chi connectivity index (χ0v) is 13.1. The van der Waals surface area contributed by atoms with Crippen LogP contribution in [0.25, 0.3) is 6.08 Å². The number of carbonyl (C=O) groups excluding carboxylic acids is 2. The van der Waals surface area contributed by atoms with E-state index in [2.05, 4.69) is 19.9 Å². The summed E-state index contributed by atoms with van der Waals surface area (Å²) in [5.41, 5.74) is 3.54. The topological polar surface area (TPSA) is 34.1 Å². The minimum atomic E-state index is 0.771. The molecule has 0 fully saturated rings. The lowest BCUT2D eigenvalue weighted by atomic mass is 10.1. The van der Waals surface area contributed by atoms with Crippen molar-refractivity contribution in [3.63, 3.8) is 0 Å². The van der Waals surface area contributed by atoms with Crippen molar-refractivity contribution in [2.45, 2.75) is 33.6 Å². The Bertz CT molecular complexity index is 490. The predicted molar refractivity (Wildman–Crippen MR) is 90.0 cm³/mol. The molecule has 0 heterocycles. The first kappa shape index (κ1) is 18.8. The average molecular weight is 284 g/mol. The lowest BCUT2D eigenvalue weighted by Gasteiger charge is -1.94. The highest BCUT2D eigenvalue weighted by Crippen LogP contribution is 2.05. The second-order valence-electron chi connectivity index (χ2n) is 4.88. The van der Waals surface area contributed by atoms with Crippen LogP contribution in [0.1, 0.15) is 39.2 Å². The van der Waals surface area contributed by atoms with Crippen LogP contribution in [0.5, 0.6) is 0 Å². The molecule has 2 nitrogen and oxygen atoms in total. The molecule has 2 heteroatoms. The molecule has 0 bridgehead atoms. The maximum Gasteiger partial charge on any atom is 0.142 e. The molecule has 112 valence electrons. The van der Waals surface area contributed by atoms with Crippen LogP contribution in [0.2, 0.25) is 0 Å². The number of allylic oxidation sites excluding steroid dienone is 5. The number of aldehydes is 2. The fraction of sp³-hybridized carbons (Fsp3) is 0.263. The van der Waals surface area contributed by atoms with Gasteiger partial charge in [0.05, 0.1) is 0 Å². The summed E-state index contributed by atoms with van der Waals surface area (Å²) in [5, 5.41) is 0. The predicted octanol–water partition coefficient (Wildman–Crippen LogP) is 4.78. The van der Waals surface area contributed by atoms with E-state index in [1.165, 1.54) is 11.6 Å². The van der Waals surface area contributed by atoms with Crippen molar-refractivity contribution in [3.05, 3.63) is 65.3 Å². The van der Waals surface area contributed by atoms with Gasteiger partial charge in [-0.15, -0.1) is 0 Å². The first-order valence-corrected chi connectivity index (χ1v) is 7.01. The Morgan fingerprint density at radius 1 is 1.00 bits per heavy atom. The molecule has 0 aliphatic heterocycles. The minimum Gasteiger partial charge on any atom is -0.299 e. The average Bonchev–Trinajstić information content (AvgIpc) is 2.47. The summed E-state index contributed by atoms with van der Waals surface area (Å²) in [6.45, 7) is 6.14. The van der Waals surface area contributed by atoms with Crippen LogP contribution in [-0.2, 0) is 9.59 Å². The van der Waals surface area contributed by atoms with Gasteiger partial charge < -0.3 is 0 Å². The lowest BCUT2D eigenvalue weighted by molar-refractivity contribution is -0.104. The van der Waals surface area contributed by atoms with E-state index in [1.807, 2.05) is 37.3 Å². The Kier molecular flexibility index (Phi) is 11.4. The molecule has 0 spiro atoms. The summed E-state index contributed by atoms with van der Waals surface area (Å²) in [4.78, 5) is 19.9. The highest BCUT2D eigenvalue weighted by atomic mass is 16.1. The van der Waals surface area contributed by atoms with E-state index >= 15 is 0 Å². The zero-order chi connectivity index (χ0) is 15.9. The second kappa shape index (κ2) is 12.8. The van der Waals surface area contributed by atoms with E-state index in [-0.39, 0.29) is 0 Å². The summed E-state index contributed by atoms with van der Waals surface area (Å²) < 4.78 is 0. The molecule has 0 aromatic heterocycles. The van der Waals surface area contributed by atoms with Gasteiger partial charge in [-0.25, -0.2) is 0 Å². The summed E-state index contributed by atoms with van der Waals surface area (Å²) in [7, 11) is 0. The Labute approximate surface area is 127 Å². The van der Waals surface area contributed by atoms with Gasteiger partial charge in [0.1, 0.15) is 12.6 Å². The van der Waals surface area contributed by atoms with E-state index in [1.54, 1.807) is 12.2 Å². The number of hydrogen-bond donors (Lipinski definition) is 0. The molecule has 0 amide bonds. The fourth-order valence-electron chi connectivity index (χ4n) is 1.50. The Hall–Kier alpha value is -2.22. The molecule has 0 aliphatic rings. The van der Waals surface area contributed by atoms with Gasteiger partial charge in [0.15, 0.2) is 0 Å². The van der Waals surface area contributed by atoms with Crippen LogP contribution in [-0.4, -0.2) is 12.6 Å². The van der Waals surface area contributed by atoms with Crippen molar-refractivity contribution in [3.8, 4) is 0 Å². The van der Waals surface area contributed by atoms with Gasteiger partial charge in [-0.05, 0) is 51.3 Å². The van der Waals surface area contributed by atoms with Crippen LogP contribution in [0.15, 0.2) is 59.7 Å². The van der Waals surface area contributed by atoms with E-state index in [0.717, 1.165) is 36.6 Å². The van der Waals surface area contributed by atoms with Crippen LogP contribution >= 0.6 is 0 Å². The molecule has 0 aliphatic carbocycles. The maximum absolute atomic E-state index is 10.0. The Morgan fingerprint density at radius 3 is 2.19 bits per heavy atom. The van der Waals surface area contributed by atoms with E-state index in [9.17, 15) is 9.59 Å². The van der Waals surface area contributed by atoms with Gasteiger partial charge in [0.2, 0.25) is 0 Å². The fourth-order valence-corrected chi connectivity index (χ4v) is 1.50. The number of rotatable bonds is 6. The molecule has 0 unspecified atom stereocenters. The van der Waals surface area contributed by atoms with Gasteiger partial charge in [-0.2, -0.15) is 0 Å². The van der Waals surface area contributed by atoms with Gasteiger partial charge >= 0.3 is 0 Å². The largest absolute Gasteiger partial charge is 0.299 e. The Balaban J connectivity index is 0.000000382. The number of benzene rings is 1.